The van der Waals surface area contributed by atoms with Crippen molar-refractivity contribution in [1.82, 2.24) is 10.2 Å². The van der Waals surface area contributed by atoms with Gasteiger partial charge >= 0.3 is 0 Å². The molecule has 1 fully saturated rings. The maximum atomic E-state index is 13.5. The molecule has 34 heavy (non-hydrogen) atoms. The number of carbonyl (C=O) groups is 2. The lowest BCUT2D eigenvalue weighted by Gasteiger charge is -2.38. The van der Waals surface area contributed by atoms with E-state index in [1.165, 1.54) is 0 Å². The Morgan fingerprint density at radius 2 is 1.56 bits per heavy atom. The van der Waals surface area contributed by atoms with Crippen LogP contribution in [0, 0.1) is 0 Å². The van der Waals surface area contributed by atoms with E-state index in [0.29, 0.717) is 43.2 Å². The number of ether oxygens (including phenoxy) is 1. The summed E-state index contributed by atoms with van der Waals surface area (Å²) in [5, 5.41) is 3.51. The van der Waals surface area contributed by atoms with Gasteiger partial charge in [0.25, 0.3) is 5.91 Å². The molecule has 1 aliphatic heterocycles. The first kappa shape index (κ1) is 23.6. The molecule has 1 heterocycles. The third-order valence-electron chi connectivity index (χ3n) is 6.01. The monoisotopic (exact) mass is 477 g/mol. The number of rotatable bonds is 7. The second-order valence-corrected chi connectivity index (χ2v) is 8.64. The minimum atomic E-state index is -0.664. The number of hydrogen-bond acceptors (Lipinski definition) is 4. The molecule has 0 radical (unpaired) electrons. The van der Waals surface area contributed by atoms with Crippen molar-refractivity contribution in [1.29, 1.82) is 0 Å². The Balaban J connectivity index is 1.46. The summed E-state index contributed by atoms with van der Waals surface area (Å²) in [6, 6.07) is 23.6. The number of para-hydroxylation sites is 2. The zero-order valence-corrected chi connectivity index (χ0v) is 19.9. The summed E-state index contributed by atoms with van der Waals surface area (Å²) in [7, 11) is 1.66. The molecule has 0 saturated carbocycles. The molecular formula is C27H28ClN3O3. The number of nitrogens with one attached hydrogen (secondary N) is 1. The number of nitrogens with zero attached hydrogens (tertiary/aromatic N) is 2. The first-order valence-electron chi connectivity index (χ1n) is 11.3. The van der Waals surface area contributed by atoms with Crippen LogP contribution < -0.4 is 15.0 Å². The van der Waals surface area contributed by atoms with Gasteiger partial charge in [-0.05, 0) is 42.0 Å². The molecule has 3 aromatic rings. The number of halogens is 1. The second kappa shape index (κ2) is 11.1. The number of hydrogen-bond donors (Lipinski definition) is 1. The molecule has 1 atom stereocenters. The standard InChI is InChI=1S/C27H28ClN3O3/c1-34-25-10-6-5-9-24(25)30-15-17-31(18-16-30)27(33)23(19-20-7-3-2-4-8-20)29-26(32)21-11-13-22(28)14-12-21/h2-14,23H,15-19H2,1H3,(H,29,32). The van der Waals surface area contributed by atoms with Gasteiger partial charge in [0.05, 0.1) is 12.8 Å². The molecule has 4 rings (SSSR count). The molecule has 7 heteroatoms. The fourth-order valence-corrected chi connectivity index (χ4v) is 4.30. The molecule has 1 aliphatic rings. The zero-order valence-electron chi connectivity index (χ0n) is 19.1. The first-order chi connectivity index (χ1) is 16.5. The van der Waals surface area contributed by atoms with Crippen molar-refractivity contribution in [3.63, 3.8) is 0 Å². The minimum absolute atomic E-state index is 0.0779. The Morgan fingerprint density at radius 1 is 0.912 bits per heavy atom. The number of amides is 2. The van der Waals surface area contributed by atoms with E-state index in [1.54, 1.807) is 31.4 Å². The van der Waals surface area contributed by atoms with E-state index in [-0.39, 0.29) is 11.8 Å². The number of anilines is 1. The summed E-state index contributed by atoms with van der Waals surface area (Å²) < 4.78 is 5.49. The molecule has 0 bridgehead atoms. The largest absolute Gasteiger partial charge is 0.495 e. The lowest BCUT2D eigenvalue weighted by molar-refractivity contribution is -0.133. The Labute approximate surface area is 205 Å². The highest BCUT2D eigenvalue weighted by Gasteiger charge is 2.29. The van der Waals surface area contributed by atoms with Crippen LogP contribution in [0.15, 0.2) is 78.9 Å². The second-order valence-electron chi connectivity index (χ2n) is 8.21. The number of benzene rings is 3. The van der Waals surface area contributed by atoms with Gasteiger partial charge < -0.3 is 19.9 Å². The predicted octanol–water partition coefficient (Wildman–Crippen LogP) is 4.04. The molecule has 176 valence electrons. The van der Waals surface area contributed by atoms with E-state index in [4.69, 9.17) is 16.3 Å². The SMILES string of the molecule is COc1ccccc1N1CCN(C(=O)C(Cc2ccccc2)NC(=O)c2ccc(Cl)cc2)CC1. The van der Waals surface area contributed by atoms with E-state index in [0.717, 1.165) is 17.0 Å². The van der Waals surface area contributed by atoms with E-state index in [1.807, 2.05) is 59.5 Å². The van der Waals surface area contributed by atoms with Crippen molar-refractivity contribution >= 4 is 29.1 Å². The molecule has 0 spiro atoms. The van der Waals surface area contributed by atoms with E-state index >= 15 is 0 Å². The average Bonchev–Trinajstić information content (AvgIpc) is 2.89. The Morgan fingerprint density at radius 3 is 2.24 bits per heavy atom. The van der Waals surface area contributed by atoms with Crippen molar-refractivity contribution in [2.75, 3.05) is 38.2 Å². The highest BCUT2D eigenvalue weighted by molar-refractivity contribution is 6.30. The Kier molecular flexibility index (Phi) is 7.70. The lowest BCUT2D eigenvalue weighted by Crippen LogP contribution is -2.55. The molecular weight excluding hydrogens is 450 g/mol. The highest BCUT2D eigenvalue weighted by atomic mass is 35.5. The quantitative estimate of drug-likeness (QED) is 0.558. The van der Waals surface area contributed by atoms with Crippen molar-refractivity contribution < 1.29 is 14.3 Å². The van der Waals surface area contributed by atoms with E-state index < -0.39 is 6.04 Å². The molecule has 2 amide bonds. The summed E-state index contributed by atoms with van der Waals surface area (Å²) in [6.07, 6.45) is 0.422. The topological polar surface area (TPSA) is 61.9 Å². The molecule has 1 saturated heterocycles. The van der Waals surface area contributed by atoms with Gasteiger partial charge in [0.2, 0.25) is 5.91 Å². The van der Waals surface area contributed by atoms with Crippen LogP contribution >= 0.6 is 11.6 Å². The average molecular weight is 478 g/mol. The molecule has 0 aromatic heterocycles. The number of carbonyl (C=O) groups excluding carboxylic acids is 2. The smallest absolute Gasteiger partial charge is 0.251 e. The van der Waals surface area contributed by atoms with E-state index in [9.17, 15) is 9.59 Å². The van der Waals surface area contributed by atoms with Crippen molar-refractivity contribution in [3.8, 4) is 5.75 Å². The van der Waals surface area contributed by atoms with Gasteiger partial charge in [0, 0.05) is 43.2 Å². The van der Waals surface area contributed by atoms with Gasteiger partial charge in [0.15, 0.2) is 0 Å². The van der Waals surface area contributed by atoms with Crippen LogP contribution in [0.1, 0.15) is 15.9 Å². The van der Waals surface area contributed by atoms with Crippen molar-refractivity contribution in [3.05, 3.63) is 95.0 Å². The van der Waals surface area contributed by atoms with Gasteiger partial charge in [-0.3, -0.25) is 9.59 Å². The maximum Gasteiger partial charge on any atom is 0.251 e. The summed E-state index contributed by atoms with van der Waals surface area (Å²) in [5.74, 6) is 0.448. The summed E-state index contributed by atoms with van der Waals surface area (Å²) in [4.78, 5) is 30.5. The Bertz CT molecular complexity index is 1110. The Hall–Kier alpha value is -3.51. The molecule has 6 nitrogen and oxygen atoms in total. The third kappa shape index (κ3) is 5.69. The molecule has 3 aromatic carbocycles. The zero-order chi connectivity index (χ0) is 23.9. The number of piperazine rings is 1. The van der Waals surface area contributed by atoms with Gasteiger partial charge in [-0.2, -0.15) is 0 Å². The summed E-state index contributed by atoms with van der Waals surface area (Å²) >= 11 is 5.95. The predicted molar refractivity (Wildman–Crippen MR) is 135 cm³/mol. The van der Waals surface area contributed by atoms with Crippen LogP contribution in [0.4, 0.5) is 5.69 Å². The third-order valence-corrected chi connectivity index (χ3v) is 6.26. The summed E-state index contributed by atoms with van der Waals surface area (Å²) in [6.45, 7) is 2.52. The highest BCUT2D eigenvalue weighted by Crippen LogP contribution is 2.28. The molecule has 0 aliphatic carbocycles. The lowest BCUT2D eigenvalue weighted by atomic mass is 10.0. The fraction of sp³-hybridized carbons (Fsp3) is 0.259. The van der Waals surface area contributed by atoms with Crippen molar-refractivity contribution in [2.45, 2.75) is 12.5 Å². The van der Waals surface area contributed by atoms with E-state index in [2.05, 4.69) is 10.2 Å². The van der Waals surface area contributed by atoms with Gasteiger partial charge in [-0.1, -0.05) is 54.1 Å². The molecule has 1 N–H and O–H groups in total. The van der Waals surface area contributed by atoms with Crippen LogP contribution in [0.25, 0.3) is 0 Å². The normalized spacial score (nSPS) is 14.4. The van der Waals surface area contributed by atoms with Crippen molar-refractivity contribution in [2.24, 2.45) is 0 Å². The first-order valence-corrected chi connectivity index (χ1v) is 11.7. The van der Waals surface area contributed by atoms with Crippen LogP contribution in [0.2, 0.25) is 5.02 Å². The number of methoxy groups -OCH3 is 1. The minimum Gasteiger partial charge on any atom is -0.495 e. The summed E-state index contributed by atoms with van der Waals surface area (Å²) in [5.41, 5.74) is 2.48. The van der Waals surface area contributed by atoms with Crippen LogP contribution in [-0.2, 0) is 11.2 Å². The van der Waals surface area contributed by atoms with Gasteiger partial charge in [-0.15, -0.1) is 0 Å². The molecule has 1 unspecified atom stereocenters. The maximum absolute atomic E-state index is 13.5. The fourth-order valence-electron chi connectivity index (χ4n) is 4.17. The van der Waals surface area contributed by atoms with Gasteiger partial charge in [-0.25, -0.2) is 0 Å². The van der Waals surface area contributed by atoms with Crippen LogP contribution in [-0.4, -0.2) is 56.0 Å². The van der Waals surface area contributed by atoms with Crippen LogP contribution in [0.3, 0.4) is 0 Å². The van der Waals surface area contributed by atoms with Gasteiger partial charge in [0.1, 0.15) is 11.8 Å². The van der Waals surface area contributed by atoms with Crippen LogP contribution in [0.5, 0.6) is 5.75 Å².